The molecule has 0 heterocycles. The fourth-order valence-electron chi connectivity index (χ4n) is 2.24. The van der Waals surface area contributed by atoms with Crippen LogP contribution in [-0.4, -0.2) is 11.9 Å². The van der Waals surface area contributed by atoms with Gasteiger partial charge in [0.2, 0.25) is 5.91 Å². The van der Waals surface area contributed by atoms with Crippen molar-refractivity contribution < 1.29 is 9.53 Å². The van der Waals surface area contributed by atoms with Gasteiger partial charge in [-0.3, -0.25) is 4.79 Å². The van der Waals surface area contributed by atoms with Gasteiger partial charge in [-0.25, -0.2) is 0 Å². The third kappa shape index (κ3) is 6.12. The number of amides is 1. The first-order valence-electron chi connectivity index (χ1n) is 7.82. The van der Waals surface area contributed by atoms with Gasteiger partial charge in [0.1, 0.15) is 12.4 Å². The molecule has 1 amide bonds. The molecule has 0 fully saturated rings. The summed E-state index contributed by atoms with van der Waals surface area (Å²) < 4.78 is 5.78. The molecule has 4 nitrogen and oxygen atoms in total. The van der Waals surface area contributed by atoms with E-state index in [4.69, 9.17) is 10.5 Å². The van der Waals surface area contributed by atoms with Crippen LogP contribution in [0.15, 0.2) is 48.5 Å². The van der Waals surface area contributed by atoms with Crippen molar-refractivity contribution in [3.05, 3.63) is 65.2 Å². The second kappa shape index (κ2) is 8.34. The predicted molar refractivity (Wildman–Crippen MR) is 92.1 cm³/mol. The number of carbonyl (C=O) groups excluding carboxylic acids is 1. The molecule has 1 atom stereocenters. The largest absolute Gasteiger partial charge is 0.489 e. The number of hydrogen-bond donors (Lipinski definition) is 2. The van der Waals surface area contributed by atoms with Gasteiger partial charge in [0.25, 0.3) is 0 Å². The van der Waals surface area contributed by atoms with E-state index in [0.29, 0.717) is 19.6 Å². The van der Waals surface area contributed by atoms with E-state index >= 15 is 0 Å². The summed E-state index contributed by atoms with van der Waals surface area (Å²) in [6.45, 7) is 4.94. The SMILES string of the molecule is Cc1cccc(COc2ccc(CNC(=O)CC(C)N)cc2)c1. The number of benzene rings is 2. The number of nitrogens with one attached hydrogen (secondary N) is 1. The van der Waals surface area contributed by atoms with Crippen LogP contribution in [0.1, 0.15) is 30.0 Å². The first-order valence-corrected chi connectivity index (χ1v) is 7.82. The van der Waals surface area contributed by atoms with E-state index in [0.717, 1.165) is 16.9 Å². The average Bonchev–Trinajstić information content (AvgIpc) is 2.51. The van der Waals surface area contributed by atoms with Gasteiger partial charge in [0.15, 0.2) is 0 Å². The fourth-order valence-corrected chi connectivity index (χ4v) is 2.24. The molecule has 0 aliphatic carbocycles. The fraction of sp³-hybridized carbons (Fsp3) is 0.316. The van der Waals surface area contributed by atoms with E-state index in [1.807, 2.05) is 37.3 Å². The number of hydrogen-bond acceptors (Lipinski definition) is 3. The normalized spacial score (nSPS) is 11.8. The average molecular weight is 312 g/mol. The van der Waals surface area contributed by atoms with Gasteiger partial charge in [-0.2, -0.15) is 0 Å². The van der Waals surface area contributed by atoms with Crippen LogP contribution in [-0.2, 0) is 17.9 Å². The lowest BCUT2D eigenvalue weighted by molar-refractivity contribution is -0.121. The molecule has 23 heavy (non-hydrogen) atoms. The molecule has 0 saturated heterocycles. The minimum atomic E-state index is -0.118. The molecule has 4 heteroatoms. The van der Waals surface area contributed by atoms with Gasteiger partial charge >= 0.3 is 0 Å². The van der Waals surface area contributed by atoms with Crippen molar-refractivity contribution in [3.63, 3.8) is 0 Å². The topological polar surface area (TPSA) is 64.3 Å². The molecule has 0 saturated carbocycles. The van der Waals surface area contributed by atoms with Crippen LogP contribution >= 0.6 is 0 Å². The van der Waals surface area contributed by atoms with Crippen LogP contribution in [0.3, 0.4) is 0 Å². The number of ether oxygens (including phenoxy) is 1. The van der Waals surface area contributed by atoms with E-state index in [9.17, 15) is 4.79 Å². The Hall–Kier alpha value is -2.33. The summed E-state index contributed by atoms with van der Waals surface area (Å²) in [7, 11) is 0. The third-order valence-corrected chi connectivity index (χ3v) is 3.41. The van der Waals surface area contributed by atoms with Crippen molar-refractivity contribution >= 4 is 5.91 Å². The standard InChI is InChI=1S/C19H24N2O2/c1-14-4-3-5-17(10-14)13-23-18-8-6-16(7-9-18)12-21-19(22)11-15(2)20/h3-10,15H,11-13,20H2,1-2H3,(H,21,22). The first-order chi connectivity index (χ1) is 11.0. The smallest absolute Gasteiger partial charge is 0.221 e. The Balaban J connectivity index is 1.81. The highest BCUT2D eigenvalue weighted by atomic mass is 16.5. The van der Waals surface area contributed by atoms with Crippen molar-refractivity contribution in [3.8, 4) is 5.75 Å². The Morgan fingerprint density at radius 3 is 2.57 bits per heavy atom. The van der Waals surface area contributed by atoms with Crippen molar-refractivity contribution in [2.75, 3.05) is 0 Å². The molecule has 1 unspecified atom stereocenters. The lowest BCUT2D eigenvalue weighted by Gasteiger charge is -2.09. The summed E-state index contributed by atoms with van der Waals surface area (Å²) in [5, 5.41) is 2.85. The van der Waals surface area contributed by atoms with Gasteiger partial charge in [0, 0.05) is 19.0 Å². The van der Waals surface area contributed by atoms with Gasteiger partial charge in [0.05, 0.1) is 0 Å². The highest BCUT2D eigenvalue weighted by molar-refractivity contribution is 5.76. The minimum absolute atomic E-state index is 0.0280. The zero-order valence-corrected chi connectivity index (χ0v) is 13.7. The molecule has 0 aliphatic heterocycles. The van der Waals surface area contributed by atoms with Crippen molar-refractivity contribution in [2.24, 2.45) is 5.73 Å². The second-order valence-electron chi connectivity index (χ2n) is 5.88. The van der Waals surface area contributed by atoms with E-state index in [1.54, 1.807) is 0 Å². The zero-order valence-electron chi connectivity index (χ0n) is 13.7. The monoisotopic (exact) mass is 312 g/mol. The van der Waals surface area contributed by atoms with Gasteiger partial charge < -0.3 is 15.8 Å². The summed E-state index contributed by atoms with van der Waals surface area (Å²) in [5.74, 6) is 0.789. The number of rotatable bonds is 7. The van der Waals surface area contributed by atoms with E-state index < -0.39 is 0 Å². The molecule has 2 aromatic rings. The van der Waals surface area contributed by atoms with Gasteiger partial charge in [-0.15, -0.1) is 0 Å². The van der Waals surface area contributed by atoms with Gasteiger partial charge in [-0.05, 0) is 37.1 Å². The summed E-state index contributed by atoms with van der Waals surface area (Å²) in [5.41, 5.74) is 9.00. The maximum Gasteiger partial charge on any atom is 0.221 e. The van der Waals surface area contributed by atoms with Crippen molar-refractivity contribution in [1.29, 1.82) is 0 Å². The van der Waals surface area contributed by atoms with E-state index in [1.165, 1.54) is 5.56 Å². The lowest BCUT2D eigenvalue weighted by Crippen LogP contribution is -2.29. The highest BCUT2D eigenvalue weighted by Gasteiger charge is 2.04. The van der Waals surface area contributed by atoms with E-state index in [-0.39, 0.29) is 11.9 Å². The maximum atomic E-state index is 11.6. The maximum absolute atomic E-state index is 11.6. The Bertz CT molecular complexity index is 636. The van der Waals surface area contributed by atoms with Gasteiger partial charge in [-0.1, -0.05) is 42.0 Å². The molecular weight excluding hydrogens is 288 g/mol. The lowest BCUT2D eigenvalue weighted by atomic mass is 10.1. The molecule has 2 aromatic carbocycles. The summed E-state index contributed by atoms with van der Waals surface area (Å²) >= 11 is 0. The van der Waals surface area contributed by atoms with Crippen LogP contribution in [0, 0.1) is 6.92 Å². The molecule has 0 bridgehead atoms. The Labute approximate surface area is 137 Å². The highest BCUT2D eigenvalue weighted by Crippen LogP contribution is 2.15. The van der Waals surface area contributed by atoms with E-state index in [2.05, 4.69) is 30.4 Å². The van der Waals surface area contributed by atoms with Crippen LogP contribution in [0.4, 0.5) is 0 Å². The van der Waals surface area contributed by atoms with Crippen LogP contribution in [0.5, 0.6) is 5.75 Å². The number of nitrogens with two attached hydrogens (primary N) is 1. The Morgan fingerprint density at radius 1 is 1.17 bits per heavy atom. The molecular formula is C19H24N2O2. The summed E-state index contributed by atoms with van der Waals surface area (Å²) in [6.07, 6.45) is 0.345. The molecule has 3 N–H and O–H groups in total. The van der Waals surface area contributed by atoms with Crippen molar-refractivity contribution in [1.82, 2.24) is 5.32 Å². The summed E-state index contributed by atoms with van der Waals surface area (Å²) in [6, 6.07) is 15.9. The predicted octanol–water partition coefficient (Wildman–Crippen LogP) is 2.93. The molecule has 122 valence electrons. The third-order valence-electron chi connectivity index (χ3n) is 3.41. The number of aryl methyl sites for hydroxylation is 1. The Kier molecular flexibility index (Phi) is 6.18. The molecule has 0 radical (unpaired) electrons. The molecule has 0 spiro atoms. The number of carbonyl (C=O) groups is 1. The Morgan fingerprint density at radius 2 is 1.91 bits per heavy atom. The zero-order chi connectivity index (χ0) is 16.7. The molecule has 0 aromatic heterocycles. The van der Waals surface area contributed by atoms with Crippen LogP contribution in [0.2, 0.25) is 0 Å². The summed E-state index contributed by atoms with van der Waals surface area (Å²) in [4.78, 5) is 11.6. The molecule has 0 aliphatic rings. The molecule has 2 rings (SSSR count). The minimum Gasteiger partial charge on any atom is -0.489 e. The first kappa shape index (κ1) is 17.0. The van der Waals surface area contributed by atoms with Crippen molar-refractivity contribution in [2.45, 2.75) is 39.5 Å². The van der Waals surface area contributed by atoms with Crippen LogP contribution in [0.25, 0.3) is 0 Å². The second-order valence-corrected chi connectivity index (χ2v) is 5.88. The van der Waals surface area contributed by atoms with Crippen LogP contribution < -0.4 is 15.8 Å². The quantitative estimate of drug-likeness (QED) is 0.826.